The third-order valence-corrected chi connectivity index (χ3v) is 3.95. The van der Waals surface area contributed by atoms with E-state index in [2.05, 4.69) is 26.6 Å². The molecule has 2 heterocycles. The van der Waals surface area contributed by atoms with E-state index in [0.717, 1.165) is 27.6 Å². The van der Waals surface area contributed by atoms with Gasteiger partial charge in [0, 0.05) is 17.1 Å². The number of anilines is 1. The monoisotopic (exact) mass is 319 g/mol. The minimum Gasteiger partial charge on any atom is -0.256 e. The minimum absolute atomic E-state index is 0.601. The summed E-state index contributed by atoms with van der Waals surface area (Å²) in [5, 5.41) is 15.8. The van der Waals surface area contributed by atoms with Crippen molar-refractivity contribution in [1.29, 1.82) is 5.26 Å². The first-order chi connectivity index (χ1) is 11.2. The average Bonchev–Trinajstić information content (AvgIpc) is 3.01. The van der Waals surface area contributed by atoms with E-state index in [9.17, 15) is 0 Å². The molecule has 0 radical (unpaired) electrons. The number of nitrogens with one attached hydrogen (secondary N) is 1. The number of thiazole rings is 1. The molecule has 0 aliphatic rings. The zero-order chi connectivity index (χ0) is 16.1. The molecular formula is C17H13N5S. The molecule has 1 N–H and O–H groups in total. The van der Waals surface area contributed by atoms with Gasteiger partial charge >= 0.3 is 0 Å². The van der Waals surface area contributed by atoms with Gasteiger partial charge in [0.1, 0.15) is 0 Å². The quantitative estimate of drug-likeness (QED) is 0.586. The molecule has 2 aromatic heterocycles. The Morgan fingerprint density at radius 2 is 2.09 bits per heavy atom. The molecule has 0 aliphatic carbocycles. The van der Waals surface area contributed by atoms with E-state index in [1.54, 1.807) is 24.5 Å². The van der Waals surface area contributed by atoms with E-state index in [1.807, 2.05) is 36.6 Å². The minimum atomic E-state index is 0.601. The second-order valence-electron chi connectivity index (χ2n) is 4.83. The molecular weight excluding hydrogens is 306 g/mol. The van der Waals surface area contributed by atoms with Gasteiger partial charge in [-0.1, -0.05) is 24.3 Å². The lowest BCUT2D eigenvalue weighted by Gasteiger charge is -2.01. The topological polar surface area (TPSA) is 74.0 Å². The fourth-order valence-electron chi connectivity index (χ4n) is 1.97. The number of nitriles is 1. The Balaban J connectivity index is 1.70. The van der Waals surface area contributed by atoms with Crippen molar-refractivity contribution in [3.8, 4) is 17.3 Å². The molecule has 23 heavy (non-hydrogen) atoms. The van der Waals surface area contributed by atoms with E-state index >= 15 is 0 Å². The van der Waals surface area contributed by atoms with Gasteiger partial charge in [0.2, 0.25) is 5.13 Å². The number of hydrogen-bond donors (Lipinski definition) is 1. The summed E-state index contributed by atoms with van der Waals surface area (Å²) in [4.78, 5) is 8.56. The second kappa shape index (κ2) is 6.81. The summed E-state index contributed by atoms with van der Waals surface area (Å²) in [7, 11) is 0. The van der Waals surface area contributed by atoms with Crippen LogP contribution in [0.1, 0.15) is 16.8 Å². The van der Waals surface area contributed by atoms with E-state index < -0.39 is 0 Å². The third-order valence-electron chi connectivity index (χ3n) is 3.09. The van der Waals surface area contributed by atoms with Crippen LogP contribution in [0.2, 0.25) is 0 Å². The number of hydrogen-bond acceptors (Lipinski definition) is 6. The summed E-state index contributed by atoms with van der Waals surface area (Å²) in [6.45, 7) is 1.94. The zero-order valence-electron chi connectivity index (χ0n) is 12.4. The maximum atomic E-state index is 8.94. The molecule has 0 aliphatic heterocycles. The van der Waals surface area contributed by atoms with Crippen LogP contribution in [-0.4, -0.2) is 16.2 Å². The Kier molecular flexibility index (Phi) is 4.41. The Morgan fingerprint density at radius 3 is 2.78 bits per heavy atom. The first-order valence-corrected chi connectivity index (χ1v) is 7.80. The number of aryl methyl sites for hydroxylation is 1. The number of nitrogens with zero attached hydrogens (tertiary/aromatic N) is 4. The molecule has 5 nitrogen and oxygen atoms in total. The predicted molar refractivity (Wildman–Crippen MR) is 92.5 cm³/mol. The Bertz CT molecular complexity index is 874. The average molecular weight is 319 g/mol. The smallest absolute Gasteiger partial charge is 0.203 e. The highest BCUT2D eigenvalue weighted by Gasteiger charge is 2.00. The van der Waals surface area contributed by atoms with Crippen LogP contribution < -0.4 is 5.43 Å². The summed E-state index contributed by atoms with van der Waals surface area (Å²) in [6.07, 6.45) is 3.38. The molecule has 112 valence electrons. The van der Waals surface area contributed by atoms with Gasteiger partial charge in [-0.05, 0) is 24.6 Å². The zero-order valence-corrected chi connectivity index (χ0v) is 13.2. The van der Waals surface area contributed by atoms with Crippen molar-refractivity contribution in [1.82, 2.24) is 9.97 Å². The lowest BCUT2D eigenvalue weighted by molar-refractivity contribution is 1.22. The summed E-state index contributed by atoms with van der Waals surface area (Å²) in [5.74, 6) is 0. The largest absolute Gasteiger partial charge is 0.256 e. The molecule has 1 aromatic carbocycles. The summed E-state index contributed by atoms with van der Waals surface area (Å²) in [6, 6.07) is 13.4. The number of rotatable bonds is 4. The van der Waals surface area contributed by atoms with Crippen molar-refractivity contribution in [2.24, 2.45) is 5.10 Å². The van der Waals surface area contributed by atoms with E-state index in [-0.39, 0.29) is 0 Å². The summed E-state index contributed by atoms with van der Waals surface area (Å²) < 4.78 is 0. The highest BCUT2D eigenvalue weighted by Crippen LogP contribution is 2.18. The van der Waals surface area contributed by atoms with Crippen molar-refractivity contribution in [3.05, 3.63) is 64.8 Å². The highest BCUT2D eigenvalue weighted by atomic mass is 32.1. The molecule has 0 bridgehead atoms. The molecule has 6 heteroatoms. The molecule has 0 spiro atoms. The molecule has 0 unspecified atom stereocenters. The van der Waals surface area contributed by atoms with Gasteiger partial charge in [0.25, 0.3) is 0 Å². The molecule has 0 saturated carbocycles. The normalized spacial score (nSPS) is 10.6. The Hall–Kier alpha value is -3.04. The summed E-state index contributed by atoms with van der Waals surface area (Å²) in [5.41, 5.74) is 7.19. The fourth-order valence-corrected chi connectivity index (χ4v) is 2.60. The maximum absolute atomic E-state index is 8.94. The van der Waals surface area contributed by atoms with Crippen molar-refractivity contribution in [3.63, 3.8) is 0 Å². The van der Waals surface area contributed by atoms with Crippen molar-refractivity contribution < 1.29 is 0 Å². The van der Waals surface area contributed by atoms with Gasteiger partial charge < -0.3 is 0 Å². The Labute approximate surface area is 138 Å². The first kappa shape index (κ1) is 14.9. The van der Waals surface area contributed by atoms with Gasteiger partial charge in [0.05, 0.1) is 29.2 Å². The SMILES string of the molecule is Cc1csc(NN=Cc2ccc(-c3cc(C#N)ccn3)cc2)n1. The molecule has 3 aromatic rings. The van der Waals surface area contributed by atoms with Crippen LogP contribution >= 0.6 is 11.3 Å². The van der Waals surface area contributed by atoms with Gasteiger partial charge in [0.15, 0.2) is 0 Å². The molecule has 0 fully saturated rings. The number of aromatic nitrogens is 2. The van der Waals surface area contributed by atoms with Crippen LogP contribution in [0.15, 0.2) is 53.1 Å². The standard InChI is InChI=1S/C17H13N5S/c1-12-11-23-17(21-12)22-20-10-13-2-4-15(5-3-13)16-8-14(9-18)6-7-19-16/h2-8,10-11H,1H3,(H,21,22). The van der Waals surface area contributed by atoms with Crippen LogP contribution in [0.25, 0.3) is 11.3 Å². The lowest BCUT2D eigenvalue weighted by Crippen LogP contribution is -1.90. The molecule has 0 amide bonds. The first-order valence-electron chi connectivity index (χ1n) is 6.92. The number of benzene rings is 1. The molecule has 0 atom stereocenters. The van der Waals surface area contributed by atoms with Gasteiger partial charge in [-0.25, -0.2) is 4.98 Å². The second-order valence-corrected chi connectivity index (χ2v) is 5.69. The van der Waals surface area contributed by atoms with Crippen LogP contribution in [0.4, 0.5) is 5.13 Å². The van der Waals surface area contributed by atoms with Gasteiger partial charge in [-0.15, -0.1) is 11.3 Å². The lowest BCUT2D eigenvalue weighted by atomic mass is 10.1. The van der Waals surface area contributed by atoms with Crippen molar-refractivity contribution >= 4 is 22.7 Å². The van der Waals surface area contributed by atoms with Crippen LogP contribution in [-0.2, 0) is 0 Å². The van der Waals surface area contributed by atoms with E-state index in [1.165, 1.54) is 11.3 Å². The van der Waals surface area contributed by atoms with Crippen LogP contribution in [0, 0.1) is 18.3 Å². The Morgan fingerprint density at radius 1 is 1.26 bits per heavy atom. The number of pyridine rings is 1. The predicted octanol–water partition coefficient (Wildman–Crippen LogP) is 3.83. The van der Waals surface area contributed by atoms with Crippen molar-refractivity contribution in [2.75, 3.05) is 5.43 Å². The molecule has 3 rings (SSSR count). The fraction of sp³-hybridized carbons (Fsp3) is 0.0588. The summed E-state index contributed by atoms with van der Waals surface area (Å²) >= 11 is 1.52. The molecule has 0 saturated heterocycles. The van der Waals surface area contributed by atoms with Crippen LogP contribution in [0.5, 0.6) is 0 Å². The van der Waals surface area contributed by atoms with Gasteiger partial charge in [-0.2, -0.15) is 10.4 Å². The number of hydrazone groups is 1. The third kappa shape index (κ3) is 3.78. The maximum Gasteiger partial charge on any atom is 0.203 e. The van der Waals surface area contributed by atoms with E-state index in [4.69, 9.17) is 5.26 Å². The van der Waals surface area contributed by atoms with Crippen LogP contribution in [0.3, 0.4) is 0 Å². The highest BCUT2D eigenvalue weighted by molar-refractivity contribution is 7.13. The van der Waals surface area contributed by atoms with Gasteiger partial charge in [-0.3, -0.25) is 10.4 Å². The van der Waals surface area contributed by atoms with E-state index in [0.29, 0.717) is 5.56 Å². The van der Waals surface area contributed by atoms with Crippen molar-refractivity contribution in [2.45, 2.75) is 6.92 Å².